The summed E-state index contributed by atoms with van der Waals surface area (Å²) in [5, 5.41) is 6.65. The van der Waals surface area contributed by atoms with Gasteiger partial charge in [-0.1, -0.05) is 27.7 Å². The fraction of sp³-hybridized carbons (Fsp3) is 0.600. The van der Waals surface area contributed by atoms with E-state index < -0.39 is 0 Å². The van der Waals surface area contributed by atoms with E-state index in [9.17, 15) is 9.59 Å². The molecular formula is C15H25N3O2S. The second-order valence-corrected chi connectivity index (χ2v) is 6.33. The molecule has 21 heavy (non-hydrogen) atoms. The quantitative estimate of drug-likeness (QED) is 0.675. The Kier molecular flexibility index (Phi) is 6.20. The molecule has 0 saturated heterocycles. The molecule has 1 unspecified atom stereocenters. The van der Waals surface area contributed by atoms with Crippen molar-refractivity contribution in [3.63, 3.8) is 0 Å². The van der Waals surface area contributed by atoms with Gasteiger partial charge in [0.05, 0.1) is 16.1 Å². The van der Waals surface area contributed by atoms with Gasteiger partial charge in [0, 0.05) is 19.5 Å². The van der Waals surface area contributed by atoms with E-state index in [0.717, 1.165) is 6.42 Å². The molecule has 1 aromatic heterocycles. The zero-order chi connectivity index (χ0) is 16.2. The van der Waals surface area contributed by atoms with Crippen LogP contribution in [0.5, 0.6) is 0 Å². The standard InChI is InChI=1S/C15H25N3O2S/c1-6-9(8(3)4)18-15-11(14(20)17-5)12(16)13(21-15)10(19)7-2/h8-9,18H,6-7,16H2,1-5H3,(H,17,20). The molecule has 0 aliphatic rings. The van der Waals surface area contributed by atoms with Gasteiger partial charge in [-0.05, 0) is 12.3 Å². The average Bonchev–Trinajstić information content (AvgIpc) is 2.79. The van der Waals surface area contributed by atoms with Crippen LogP contribution in [0.3, 0.4) is 0 Å². The smallest absolute Gasteiger partial charge is 0.256 e. The number of amides is 1. The Hall–Kier alpha value is -1.56. The number of nitrogens with two attached hydrogens (primary N) is 1. The van der Waals surface area contributed by atoms with Crippen LogP contribution in [0.15, 0.2) is 0 Å². The molecule has 0 aliphatic carbocycles. The monoisotopic (exact) mass is 311 g/mol. The first-order chi connectivity index (χ1) is 9.87. The molecule has 0 spiro atoms. The summed E-state index contributed by atoms with van der Waals surface area (Å²) in [6.07, 6.45) is 1.30. The van der Waals surface area contributed by atoms with Gasteiger partial charge in [-0.15, -0.1) is 11.3 Å². The van der Waals surface area contributed by atoms with Crippen molar-refractivity contribution in [3.8, 4) is 0 Å². The molecular weight excluding hydrogens is 286 g/mol. The van der Waals surface area contributed by atoms with Gasteiger partial charge in [-0.2, -0.15) is 0 Å². The summed E-state index contributed by atoms with van der Waals surface area (Å²) >= 11 is 1.28. The van der Waals surface area contributed by atoms with E-state index in [4.69, 9.17) is 5.73 Å². The topological polar surface area (TPSA) is 84.2 Å². The van der Waals surface area contributed by atoms with Crippen LogP contribution in [0.1, 0.15) is 60.6 Å². The fourth-order valence-electron chi connectivity index (χ4n) is 2.17. The average molecular weight is 311 g/mol. The highest BCUT2D eigenvalue weighted by atomic mass is 32.1. The molecule has 6 heteroatoms. The van der Waals surface area contributed by atoms with Crippen LogP contribution in [0.4, 0.5) is 10.7 Å². The van der Waals surface area contributed by atoms with E-state index in [1.165, 1.54) is 11.3 Å². The van der Waals surface area contributed by atoms with Gasteiger partial charge in [0.1, 0.15) is 5.00 Å². The van der Waals surface area contributed by atoms with Crippen LogP contribution in [-0.4, -0.2) is 24.8 Å². The molecule has 0 saturated carbocycles. The number of hydrogen-bond donors (Lipinski definition) is 3. The first kappa shape index (κ1) is 17.5. The maximum Gasteiger partial charge on any atom is 0.256 e. The normalized spacial score (nSPS) is 12.3. The van der Waals surface area contributed by atoms with E-state index in [-0.39, 0.29) is 23.4 Å². The summed E-state index contributed by atoms with van der Waals surface area (Å²) in [6.45, 7) is 8.12. The van der Waals surface area contributed by atoms with Crippen molar-refractivity contribution in [1.29, 1.82) is 0 Å². The summed E-state index contributed by atoms with van der Waals surface area (Å²) in [7, 11) is 1.56. The van der Waals surface area contributed by atoms with Crippen LogP contribution in [0, 0.1) is 5.92 Å². The number of rotatable bonds is 7. The molecule has 1 heterocycles. The lowest BCUT2D eigenvalue weighted by molar-refractivity contribution is 0.0964. The van der Waals surface area contributed by atoms with Crippen LogP contribution < -0.4 is 16.4 Å². The predicted octanol–water partition coefficient (Wildman–Crippen LogP) is 3.13. The molecule has 5 nitrogen and oxygen atoms in total. The Bertz CT molecular complexity index is 523. The summed E-state index contributed by atoms with van der Waals surface area (Å²) in [5.74, 6) is 0.120. The van der Waals surface area contributed by atoms with Crippen molar-refractivity contribution >= 4 is 33.7 Å². The number of carbonyl (C=O) groups is 2. The molecule has 0 aliphatic heterocycles. The molecule has 4 N–H and O–H groups in total. The van der Waals surface area contributed by atoms with Gasteiger partial charge >= 0.3 is 0 Å². The van der Waals surface area contributed by atoms with E-state index in [1.54, 1.807) is 14.0 Å². The van der Waals surface area contributed by atoms with Gasteiger partial charge in [0.2, 0.25) is 0 Å². The molecule has 1 rings (SSSR count). The third-order valence-corrected chi connectivity index (χ3v) is 4.71. The second-order valence-electron chi connectivity index (χ2n) is 5.31. The van der Waals surface area contributed by atoms with Crippen molar-refractivity contribution in [1.82, 2.24) is 5.32 Å². The lowest BCUT2D eigenvalue weighted by Crippen LogP contribution is -2.26. The molecule has 0 fully saturated rings. The number of anilines is 2. The lowest BCUT2D eigenvalue weighted by Gasteiger charge is -2.21. The first-order valence-corrected chi connectivity index (χ1v) is 8.12. The van der Waals surface area contributed by atoms with E-state index in [2.05, 4.69) is 31.4 Å². The summed E-state index contributed by atoms with van der Waals surface area (Å²) < 4.78 is 0. The van der Waals surface area contributed by atoms with Crippen molar-refractivity contribution < 1.29 is 9.59 Å². The number of nitrogens with one attached hydrogen (secondary N) is 2. The minimum Gasteiger partial charge on any atom is -0.397 e. The maximum absolute atomic E-state index is 12.1. The second kappa shape index (κ2) is 7.45. The number of carbonyl (C=O) groups excluding carboxylic acids is 2. The van der Waals surface area contributed by atoms with Crippen molar-refractivity contribution in [2.24, 2.45) is 5.92 Å². The lowest BCUT2D eigenvalue weighted by atomic mass is 10.0. The maximum atomic E-state index is 12.1. The Labute approximate surface area is 130 Å². The van der Waals surface area contributed by atoms with Gasteiger partial charge in [0.25, 0.3) is 5.91 Å². The van der Waals surface area contributed by atoms with Gasteiger partial charge in [-0.3, -0.25) is 9.59 Å². The first-order valence-electron chi connectivity index (χ1n) is 7.31. The van der Waals surface area contributed by atoms with Gasteiger partial charge in [-0.25, -0.2) is 0 Å². The largest absolute Gasteiger partial charge is 0.397 e. The number of hydrogen-bond acceptors (Lipinski definition) is 5. The zero-order valence-corrected chi connectivity index (χ0v) is 14.2. The molecule has 0 bridgehead atoms. The van der Waals surface area contributed by atoms with Crippen molar-refractivity contribution in [3.05, 3.63) is 10.4 Å². The molecule has 0 radical (unpaired) electrons. The highest BCUT2D eigenvalue weighted by Gasteiger charge is 2.25. The van der Waals surface area contributed by atoms with E-state index >= 15 is 0 Å². The third kappa shape index (κ3) is 3.75. The highest BCUT2D eigenvalue weighted by molar-refractivity contribution is 7.19. The Balaban J connectivity index is 3.29. The highest BCUT2D eigenvalue weighted by Crippen LogP contribution is 2.37. The van der Waals surface area contributed by atoms with Crippen LogP contribution in [0.25, 0.3) is 0 Å². The molecule has 0 aromatic carbocycles. The SMILES string of the molecule is CCC(=O)c1sc(NC(CC)C(C)C)c(C(=O)NC)c1N. The van der Waals surface area contributed by atoms with E-state index in [1.807, 2.05) is 0 Å². The zero-order valence-electron chi connectivity index (χ0n) is 13.4. The van der Waals surface area contributed by atoms with Gasteiger partial charge < -0.3 is 16.4 Å². The Morgan fingerprint density at radius 1 is 1.29 bits per heavy atom. The van der Waals surface area contributed by atoms with Gasteiger partial charge in [0.15, 0.2) is 5.78 Å². The minimum absolute atomic E-state index is 0.0340. The van der Waals surface area contributed by atoms with E-state index in [0.29, 0.717) is 27.8 Å². The fourth-order valence-corrected chi connectivity index (χ4v) is 3.36. The molecule has 1 atom stereocenters. The molecule has 1 amide bonds. The van der Waals surface area contributed by atoms with Crippen LogP contribution in [-0.2, 0) is 0 Å². The number of nitrogen functional groups attached to an aromatic ring is 1. The minimum atomic E-state index is -0.264. The summed E-state index contributed by atoms with van der Waals surface area (Å²) in [4.78, 5) is 24.5. The van der Waals surface area contributed by atoms with Crippen molar-refractivity contribution in [2.75, 3.05) is 18.1 Å². The van der Waals surface area contributed by atoms with Crippen molar-refractivity contribution in [2.45, 2.75) is 46.6 Å². The number of thiophene rings is 1. The van der Waals surface area contributed by atoms with Crippen LogP contribution >= 0.6 is 11.3 Å². The molecule has 118 valence electrons. The summed E-state index contributed by atoms with van der Waals surface area (Å²) in [6, 6.07) is 0.232. The van der Waals surface area contributed by atoms with Crippen LogP contribution in [0.2, 0.25) is 0 Å². The molecule has 1 aromatic rings. The Morgan fingerprint density at radius 2 is 1.90 bits per heavy atom. The predicted molar refractivity (Wildman–Crippen MR) is 89.3 cm³/mol. The third-order valence-electron chi connectivity index (χ3n) is 3.53. The Morgan fingerprint density at radius 3 is 2.33 bits per heavy atom. The number of ketones is 1. The summed E-state index contributed by atoms with van der Waals surface area (Å²) in [5.41, 5.74) is 6.71. The number of Topliss-reactive ketones (excluding diaryl/α,β-unsaturated/α-hetero) is 1.